The molecular formula is C16H23BrO. The van der Waals surface area contributed by atoms with E-state index in [-0.39, 0.29) is 0 Å². The van der Waals surface area contributed by atoms with E-state index in [1.54, 1.807) is 0 Å². The Hall–Kier alpha value is -0.500. The number of hydrogen-bond acceptors (Lipinski definition) is 1. The fraction of sp³-hybridized carbons (Fsp3) is 0.625. The van der Waals surface area contributed by atoms with Crippen molar-refractivity contribution in [1.82, 2.24) is 0 Å². The lowest BCUT2D eigenvalue weighted by molar-refractivity contribution is 0.307. The van der Waals surface area contributed by atoms with Gasteiger partial charge in [0, 0.05) is 0 Å². The minimum atomic E-state index is 0.764. The molecule has 0 spiro atoms. The molecule has 1 saturated carbocycles. The van der Waals surface area contributed by atoms with E-state index in [2.05, 4.69) is 41.1 Å². The minimum Gasteiger partial charge on any atom is -0.492 e. The number of hydrogen-bond donors (Lipinski definition) is 0. The lowest BCUT2D eigenvalue weighted by Gasteiger charge is -2.22. The summed E-state index contributed by atoms with van der Waals surface area (Å²) in [6.07, 6.45) is 9.18. The Bertz CT molecular complexity index is 369. The highest BCUT2D eigenvalue weighted by Crippen LogP contribution is 2.36. The number of benzene rings is 1. The first-order chi connectivity index (χ1) is 8.81. The molecule has 0 saturated heterocycles. The van der Waals surface area contributed by atoms with E-state index in [1.165, 1.54) is 44.1 Å². The van der Waals surface area contributed by atoms with Crippen LogP contribution in [0.5, 0.6) is 5.75 Å². The molecule has 0 N–H and O–H groups in total. The van der Waals surface area contributed by atoms with Gasteiger partial charge in [-0.3, -0.25) is 0 Å². The van der Waals surface area contributed by atoms with Gasteiger partial charge in [0.05, 0.1) is 11.1 Å². The van der Waals surface area contributed by atoms with Gasteiger partial charge in [-0.25, -0.2) is 0 Å². The summed E-state index contributed by atoms with van der Waals surface area (Å²) in [5, 5.41) is 0. The van der Waals surface area contributed by atoms with E-state index in [4.69, 9.17) is 4.74 Å². The molecule has 0 amide bonds. The second-order valence-corrected chi connectivity index (χ2v) is 6.08. The topological polar surface area (TPSA) is 9.23 Å². The molecule has 0 aromatic heterocycles. The lowest BCUT2D eigenvalue weighted by Crippen LogP contribution is -2.05. The van der Waals surface area contributed by atoms with Gasteiger partial charge in [-0.1, -0.05) is 38.7 Å². The molecule has 1 nitrogen and oxygen atoms in total. The van der Waals surface area contributed by atoms with Gasteiger partial charge >= 0.3 is 0 Å². The van der Waals surface area contributed by atoms with Crippen molar-refractivity contribution in [2.24, 2.45) is 0 Å². The van der Waals surface area contributed by atoms with Crippen molar-refractivity contribution in [3.8, 4) is 5.75 Å². The van der Waals surface area contributed by atoms with Crippen LogP contribution in [-0.4, -0.2) is 6.61 Å². The molecule has 1 aromatic carbocycles. The molecular weight excluding hydrogens is 288 g/mol. The fourth-order valence-electron chi connectivity index (χ4n) is 2.65. The van der Waals surface area contributed by atoms with Gasteiger partial charge in [0.15, 0.2) is 0 Å². The van der Waals surface area contributed by atoms with Crippen molar-refractivity contribution in [3.05, 3.63) is 28.2 Å². The van der Waals surface area contributed by atoms with Crippen LogP contribution in [0.1, 0.15) is 63.4 Å². The third-order valence-corrected chi connectivity index (χ3v) is 4.41. The van der Waals surface area contributed by atoms with Gasteiger partial charge in [-0.2, -0.15) is 0 Å². The van der Waals surface area contributed by atoms with E-state index in [9.17, 15) is 0 Å². The van der Waals surface area contributed by atoms with E-state index in [1.807, 2.05) is 0 Å². The number of ether oxygens (including phenoxy) is 1. The van der Waals surface area contributed by atoms with Crippen molar-refractivity contribution in [1.29, 1.82) is 0 Å². The molecule has 0 atom stereocenters. The Labute approximate surface area is 119 Å². The van der Waals surface area contributed by atoms with Crippen LogP contribution in [0.2, 0.25) is 0 Å². The Morgan fingerprint density at radius 1 is 1.22 bits per heavy atom. The highest BCUT2D eigenvalue weighted by molar-refractivity contribution is 9.10. The normalized spacial score (nSPS) is 16.8. The van der Waals surface area contributed by atoms with Crippen molar-refractivity contribution in [3.63, 3.8) is 0 Å². The van der Waals surface area contributed by atoms with Crippen LogP contribution in [0.15, 0.2) is 22.7 Å². The van der Waals surface area contributed by atoms with Gasteiger partial charge in [-0.15, -0.1) is 0 Å². The third kappa shape index (κ3) is 3.74. The first kappa shape index (κ1) is 13.9. The summed E-state index contributed by atoms with van der Waals surface area (Å²) >= 11 is 3.64. The van der Waals surface area contributed by atoms with Crippen molar-refractivity contribution in [2.75, 3.05) is 6.61 Å². The molecule has 0 radical (unpaired) electrons. The number of rotatable bonds is 5. The zero-order valence-corrected chi connectivity index (χ0v) is 12.8. The highest BCUT2D eigenvalue weighted by atomic mass is 79.9. The monoisotopic (exact) mass is 310 g/mol. The summed E-state index contributed by atoms with van der Waals surface area (Å²) < 4.78 is 6.89. The number of halogens is 1. The maximum atomic E-state index is 5.77. The molecule has 1 fully saturated rings. The van der Waals surface area contributed by atoms with Gasteiger partial charge < -0.3 is 4.74 Å². The van der Waals surface area contributed by atoms with E-state index in [0.717, 1.165) is 29.2 Å². The molecule has 2 heteroatoms. The van der Waals surface area contributed by atoms with Crippen LogP contribution in [0.4, 0.5) is 0 Å². The minimum absolute atomic E-state index is 0.764. The van der Waals surface area contributed by atoms with Crippen LogP contribution >= 0.6 is 15.9 Å². The van der Waals surface area contributed by atoms with Gasteiger partial charge in [0.2, 0.25) is 0 Å². The molecule has 0 unspecified atom stereocenters. The molecule has 18 heavy (non-hydrogen) atoms. The summed E-state index contributed by atoms with van der Waals surface area (Å²) in [4.78, 5) is 0. The maximum absolute atomic E-state index is 5.77. The molecule has 1 aliphatic rings. The Balaban J connectivity index is 1.99. The van der Waals surface area contributed by atoms with Crippen LogP contribution in [-0.2, 0) is 0 Å². The standard InChI is InChI=1S/C16H23BrO/c1-2-3-11-18-16-10-9-14(12-15(16)17)13-7-5-4-6-8-13/h9-10,12-13H,2-8,11H2,1H3. The predicted octanol–water partition coefficient (Wildman–Crippen LogP) is 5.68. The highest BCUT2D eigenvalue weighted by Gasteiger charge is 2.16. The molecule has 0 aliphatic heterocycles. The van der Waals surface area contributed by atoms with Gasteiger partial charge in [0.1, 0.15) is 5.75 Å². The Kier molecular flexibility index (Phi) is 5.55. The molecule has 1 aromatic rings. The largest absolute Gasteiger partial charge is 0.492 e. The molecule has 1 aliphatic carbocycles. The molecule has 0 heterocycles. The van der Waals surface area contributed by atoms with E-state index in [0.29, 0.717) is 0 Å². The second-order valence-electron chi connectivity index (χ2n) is 5.23. The molecule has 0 bridgehead atoms. The van der Waals surface area contributed by atoms with Crippen LogP contribution in [0.3, 0.4) is 0 Å². The Morgan fingerprint density at radius 3 is 2.67 bits per heavy atom. The molecule has 100 valence electrons. The lowest BCUT2D eigenvalue weighted by atomic mass is 9.84. The van der Waals surface area contributed by atoms with Crippen LogP contribution in [0, 0.1) is 0 Å². The van der Waals surface area contributed by atoms with Crippen LogP contribution < -0.4 is 4.74 Å². The van der Waals surface area contributed by atoms with E-state index >= 15 is 0 Å². The summed E-state index contributed by atoms with van der Waals surface area (Å²) in [6.45, 7) is 3.00. The van der Waals surface area contributed by atoms with Crippen LogP contribution in [0.25, 0.3) is 0 Å². The third-order valence-electron chi connectivity index (χ3n) is 3.79. The summed E-state index contributed by atoms with van der Waals surface area (Å²) in [5.41, 5.74) is 1.48. The quantitative estimate of drug-likeness (QED) is 0.636. The molecule has 2 rings (SSSR count). The van der Waals surface area contributed by atoms with Crippen molar-refractivity contribution >= 4 is 15.9 Å². The SMILES string of the molecule is CCCCOc1ccc(C2CCCCC2)cc1Br. The average molecular weight is 311 g/mol. The summed E-state index contributed by atoms with van der Waals surface area (Å²) in [6, 6.07) is 6.64. The van der Waals surface area contributed by atoms with Gasteiger partial charge in [-0.05, 0) is 58.8 Å². The maximum Gasteiger partial charge on any atom is 0.133 e. The van der Waals surface area contributed by atoms with Crippen molar-refractivity contribution in [2.45, 2.75) is 57.8 Å². The summed E-state index contributed by atoms with van der Waals surface area (Å²) in [7, 11) is 0. The predicted molar refractivity (Wildman–Crippen MR) is 80.4 cm³/mol. The van der Waals surface area contributed by atoms with Gasteiger partial charge in [0.25, 0.3) is 0 Å². The zero-order valence-electron chi connectivity index (χ0n) is 11.3. The zero-order chi connectivity index (χ0) is 12.8. The van der Waals surface area contributed by atoms with Crippen molar-refractivity contribution < 1.29 is 4.74 Å². The number of unbranched alkanes of at least 4 members (excludes halogenated alkanes) is 1. The average Bonchev–Trinajstić information content (AvgIpc) is 2.42. The second kappa shape index (κ2) is 7.18. The fourth-order valence-corrected chi connectivity index (χ4v) is 3.16. The summed E-state index contributed by atoms with van der Waals surface area (Å²) in [5.74, 6) is 1.75. The Morgan fingerprint density at radius 2 is 2.00 bits per heavy atom. The smallest absolute Gasteiger partial charge is 0.133 e. The first-order valence-corrected chi connectivity index (χ1v) is 8.03. The van der Waals surface area contributed by atoms with E-state index < -0.39 is 0 Å². The first-order valence-electron chi connectivity index (χ1n) is 7.23.